The number of aromatic nitrogens is 6. The number of anilines is 1. The number of rotatable bonds is 6. The molecule has 1 saturated heterocycles. The van der Waals surface area contributed by atoms with Gasteiger partial charge in [0, 0.05) is 44.1 Å². The third-order valence-corrected chi connectivity index (χ3v) is 4.72. The van der Waals surface area contributed by atoms with Crippen molar-refractivity contribution in [1.82, 2.24) is 29.4 Å². The summed E-state index contributed by atoms with van der Waals surface area (Å²) in [4.78, 5) is 8.78. The van der Waals surface area contributed by atoms with Crippen LogP contribution in [0.2, 0.25) is 0 Å². The van der Waals surface area contributed by atoms with Crippen molar-refractivity contribution in [2.24, 2.45) is 13.0 Å². The number of hydrogen-bond donors (Lipinski definition) is 1. The highest BCUT2D eigenvalue weighted by atomic mass is 16.5. The van der Waals surface area contributed by atoms with E-state index < -0.39 is 0 Å². The molecule has 0 saturated carbocycles. The lowest BCUT2D eigenvalue weighted by Crippen LogP contribution is -2.21. The first-order valence-corrected chi connectivity index (χ1v) is 8.79. The van der Waals surface area contributed by atoms with Gasteiger partial charge in [-0.2, -0.15) is 19.7 Å². The largest absolute Gasteiger partial charge is 0.372 e. The molecule has 0 amide bonds. The molecule has 8 heteroatoms. The molecule has 2 atom stereocenters. The molecule has 0 radical (unpaired) electrons. The molecular weight excluding hydrogens is 318 g/mol. The van der Waals surface area contributed by atoms with Gasteiger partial charge in [0.25, 0.3) is 5.78 Å². The van der Waals surface area contributed by atoms with E-state index >= 15 is 0 Å². The van der Waals surface area contributed by atoms with Crippen LogP contribution in [-0.4, -0.2) is 42.5 Å². The van der Waals surface area contributed by atoms with Crippen molar-refractivity contribution in [3.05, 3.63) is 36.0 Å². The van der Waals surface area contributed by atoms with Gasteiger partial charge >= 0.3 is 0 Å². The molecule has 4 heterocycles. The Bertz CT molecular complexity index is 856. The minimum absolute atomic E-state index is 0.0724. The molecule has 4 rings (SSSR count). The molecule has 1 aliphatic rings. The Morgan fingerprint density at radius 3 is 3.08 bits per heavy atom. The fourth-order valence-corrected chi connectivity index (χ4v) is 3.44. The summed E-state index contributed by atoms with van der Waals surface area (Å²) in [5.41, 5.74) is 2.16. The van der Waals surface area contributed by atoms with Gasteiger partial charge in [-0.05, 0) is 18.9 Å². The van der Waals surface area contributed by atoms with Crippen molar-refractivity contribution in [2.75, 3.05) is 18.5 Å². The van der Waals surface area contributed by atoms with Crippen LogP contribution in [0.15, 0.2) is 24.7 Å². The highest BCUT2D eigenvalue weighted by Crippen LogP contribution is 2.34. The molecule has 0 unspecified atom stereocenters. The first-order chi connectivity index (χ1) is 12.3. The van der Waals surface area contributed by atoms with E-state index in [1.165, 1.54) is 0 Å². The maximum absolute atomic E-state index is 5.97. The molecule has 0 spiro atoms. The van der Waals surface area contributed by atoms with Crippen LogP contribution in [0.25, 0.3) is 5.78 Å². The van der Waals surface area contributed by atoms with Crippen molar-refractivity contribution in [1.29, 1.82) is 0 Å². The van der Waals surface area contributed by atoms with Gasteiger partial charge in [-0.1, -0.05) is 13.3 Å². The highest BCUT2D eigenvalue weighted by Gasteiger charge is 2.31. The second-order valence-corrected chi connectivity index (χ2v) is 6.46. The van der Waals surface area contributed by atoms with E-state index in [1.807, 2.05) is 24.0 Å². The molecule has 3 aromatic heterocycles. The first kappa shape index (κ1) is 16.0. The molecule has 1 aliphatic heterocycles. The van der Waals surface area contributed by atoms with E-state index in [1.54, 1.807) is 10.8 Å². The zero-order valence-corrected chi connectivity index (χ0v) is 14.6. The van der Waals surface area contributed by atoms with Gasteiger partial charge < -0.3 is 10.1 Å². The number of aryl methyl sites for hydroxylation is 2. The predicted octanol–water partition coefficient (Wildman–Crippen LogP) is 2.00. The molecule has 0 bridgehead atoms. The Morgan fingerprint density at radius 1 is 1.36 bits per heavy atom. The lowest BCUT2D eigenvalue weighted by Gasteiger charge is -2.20. The van der Waals surface area contributed by atoms with Gasteiger partial charge in [0.2, 0.25) is 0 Å². The van der Waals surface area contributed by atoms with Crippen LogP contribution in [-0.2, 0) is 18.2 Å². The van der Waals surface area contributed by atoms with Crippen LogP contribution in [0, 0.1) is 5.92 Å². The number of fused-ring (bicyclic) bond motifs is 1. The third-order valence-electron chi connectivity index (χ3n) is 4.72. The Kier molecular flexibility index (Phi) is 4.35. The van der Waals surface area contributed by atoms with E-state index in [2.05, 4.69) is 38.5 Å². The van der Waals surface area contributed by atoms with Gasteiger partial charge in [0.15, 0.2) is 0 Å². The minimum atomic E-state index is 0.0724. The van der Waals surface area contributed by atoms with Crippen LogP contribution in [0.5, 0.6) is 0 Å². The van der Waals surface area contributed by atoms with Gasteiger partial charge in [0.05, 0.1) is 5.69 Å². The molecular formula is C17H23N7O. The molecule has 1 N–H and O–H groups in total. The Morgan fingerprint density at radius 2 is 2.28 bits per heavy atom. The van der Waals surface area contributed by atoms with Crippen LogP contribution >= 0.6 is 0 Å². The summed E-state index contributed by atoms with van der Waals surface area (Å²) in [5.74, 6) is 1.96. The maximum atomic E-state index is 5.97. The van der Waals surface area contributed by atoms with Crippen molar-refractivity contribution in [3.63, 3.8) is 0 Å². The lowest BCUT2D eigenvalue weighted by molar-refractivity contribution is 0.0866. The monoisotopic (exact) mass is 341 g/mol. The quantitative estimate of drug-likeness (QED) is 0.738. The Labute approximate surface area is 146 Å². The van der Waals surface area contributed by atoms with Crippen molar-refractivity contribution in [2.45, 2.75) is 32.3 Å². The summed E-state index contributed by atoms with van der Waals surface area (Å²) in [5, 5.41) is 12.1. The van der Waals surface area contributed by atoms with Crippen LogP contribution in [0.3, 0.4) is 0 Å². The molecule has 25 heavy (non-hydrogen) atoms. The van der Waals surface area contributed by atoms with E-state index in [9.17, 15) is 0 Å². The summed E-state index contributed by atoms with van der Waals surface area (Å²) in [6, 6.07) is 4.10. The zero-order chi connectivity index (χ0) is 17.2. The molecule has 0 aromatic carbocycles. The first-order valence-electron chi connectivity index (χ1n) is 8.79. The third kappa shape index (κ3) is 3.09. The fourth-order valence-electron chi connectivity index (χ4n) is 3.44. The van der Waals surface area contributed by atoms with Crippen LogP contribution in [0.4, 0.5) is 5.82 Å². The second kappa shape index (κ2) is 6.79. The Balaban J connectivity index is 1.53. The molecule has 1 fully saturated rings. The summed E-state index contributed by atoms with van der Waals surface area (Å²) in [6.07, 6.45) is 6.44. The van der Waals surface area contributed by atoms with Gasteiger partial charge in [-0.25, -0.2) is 4.98 Å². The highest BCUT2D eigenvalue weighted by molar-refractivity contribution is 5.45. The number of nitrogens with zero attached hydrogens (tertiary/aromatic N) is 6. The van der Waals surface area contributed by atoms with Gasteiger partial charge in [-0.15, -0.1) is 0 Å². The lowest BCUT2D eigenvalue weighted by atomic mass is 9.99. The van der Waals surface area contributed by atoms with E-state index in [0.717, 1.165) is 49.6 Å². The van der Waals surface area contributed by atoms with Crippen molar-refractivity contribution in [3.8, 4) is 0 Å². The van der Waals surface area contributed by atoms with E-state index in [4.69, 9.17) is 4.74 Å². The predicted molar refractivity (Wildman–Crippen MR) is 93.3 cm³/mol. The summed E-state index contributed by atoms with van der Waals surface area (Å²) >= 11 is 0. The molecule has 3 aromatic rings. The summed E-state index contributed by atoms with van der Waals surface area (Å²) < 4.78 is 9.62. The number of ether oxygens (including phenoxy) is 1. The average Bonchev–Trinajstić information content (AvgIpc) is 3.32. The molecule has 8 nitrogen and oxygen atoms in total. The van der Waals surface area contributed by atoms with E-state index in [0.29, 0.717) is 11.7 Å². The fraction of sp³-hybridized carbons (Fsp3) is 0.529. The Hall–Kier alpha value is -2.48. The van der Waals surface area contributed by atoms with Crippen LogP contribution < -0.4 is 5.32 Å². The maximum Gasteiger partial charge on any atom is 0.254 e. The second-order valence-electron chi connectivity index (χ2n) is 6.46. The molecule has 0 aliphatic carbocycles. The topological polar surface area (TPSA) is 82.2 Å². The minimum Gasteiger partial charge on any atom is -0.372 e. The molecule has 132 valence electrons. The normalized spacial score (nSPS) is 20.4. The van der Waals surface area contributed by atoms with Crippen LogP contribution in [0.1, 0.15) is 37.3 Å². The van der Waals surface area contributed by atoms with Gasteiger partial charge in [-0.3, -0.25) is 4.68 Å². The number of hydrogen-bond acceptors (Lipinski definition) is 6. The SMILES string of the molecule is CCCc1cc(NC[C@@H]2CCO[C@H]2c2ccnn2C)n2ncnc2n1. The standard InChI is InChI=1S/C17H23N7O/c1-3-4-13-9-15(24-17(22-13)19-11-21-24)18-10-12-6-8-25-16(12)14-5-7-20-23(14)2/h5,7,9,11-12,16,18H,3-4,6,8,10H2,1-2H3/t12-,16+/m0/s1. The summed E-state index contributed by atoms with van der Waals surface area (Å²) in [7, 11) is 1.96. The van der Waals surface area contributed by atoms with Crippen molar-refractivity contribution >= 4 is 11.6 Å². The zero-order valence-electron chi connectivity index (χ0n) is 14.6. The van der Waals surface area contributed by atoms with E-state index in [-0.39, 0.29) is 6.10 Å². The number of nitrogens with one attached hydrogen (secondary N) is 1. The smallest absolute Gasteiger partial charge is 0.254 e. The summed E-state index contributed by atoms with van der Waals surface area (Å²) in [6.45, 7) is 3.73. The van der Waals surface area contributed by atoms with Gasteiger partial charge in [0.1, 0.15) is 18.2 Å². The van der Waals surface area contributed by atoms with Crippen molar-refractivity contribution < 1.29 is 4.74 Å². The average molecular weight is 341 g/mol.